The summed E-state index contributed by atoms with van der Waals surface area (Å²) in [5.74, 6) is 1.40. The van der Waals surface area contributed by atoms with E-state index in [4.69, 9.17) is 0 Å². The van der Waals surface area contributed by atoms with Gasteiger partial charge in [0, 0.05) is 23.5 Å². The predicted octanol–water partition coefficient (Wildman–Crippen LogP) is 3.24. The molecule has 1 aliphatic carbocycles. The minimum atomic E-state index is -0.260. The van der Waals surface area contributed by atoms with Gasteiger partial charge in [-0.1, -0.05) is 6.07 Å². The zero-order chi connectivity index (χ0) is 20.9. The van der Waals surface area contributed by atoms with Gasteiger partial charge in [-0.05, 0) is 67.7 Å². The Balaban J connectivity index is 1.44. The van der Waals surface area contributed by atoms with Crippen LogP contribution in [0, 0.1) is 0 Å². The van der Waals surface area contributed by atoms with Crippen LogP contribution in [0.15, 0.2) is 48.7 Å². The number of thioether (sulfide) groups is 1. The number of benzene rings is 1. The summed E-state index contributed by atoms with van der Waals surface area (Å²) in [6, 6.07) is 12.4. The smallest absolute Gasteiger partial charge is 0.319 e. The van der Waals surface area contributed by atoms with E-state index in [2.05, 4.69) is 26.1 Å². The van der Waals surface area contributed by atoms with Crippen molar-refractivity contribution in [3.05, 3.63) is 60.0 Å². The highest BCUT2D eigenvalue weighted by atomic mass is 32.2. The third-order valence-electron chi connectivity index (χ3n) is 4.89. The molecule has 3 N–H and O–H groups in total. The van der Waals surface area contributed by atoms with Gasteiger partial charge in [-0.2, -0.15) is 11.8 Å². The Labute approximate surface area is 178 Å². The summed E-state index contributed by atoms with van der Waals surface area (Å²) in [5, 5.41) is 17.2. The van der Waals surface area contributed by atoms with Crippen molar-refractivity contribution in [1.29, 1.82) is 0 Å². The van der Waals surface area contributed by atoms with E-state index >= 15 is 0 Å². The molecule has 1 fully saturated rings. The van der Waals surface area contributed by atoms with Crippen molar-refractivity contribution in [2.75, 3.05) is 17.3 Å². The van der Waals surface area contributed by atoms with Gasteiger partial charge in [-0.25, -0.2) is 4.79 Å². The van der Waals surface area contributed by atoms with Gasteiger partial charge in [0.1, 0.15) is 0 Å². The average Bonchev–Trinajstić information content (AvgIpc) is 3.46. The van der Waals surface area contributed by atoms with Gasteiger partial charge in [0.15, 0.2) is 11.5 Å². The minimum absolute atomic E-state index is 0.192. The quantitative estimate of drug-likeness (QED) is 0.515. The van der Waals surface area contributed by atoms with E-state index < -0.39 is 0 Å². The van der Waals surface area contributed by atoms with Crippen molar-refractivity contribution in [2.24, 2.45) is 0 Å². The first-order valence-electron chi connectivity index (χ1n) is 9.91. The topological polar surface area (TPSA) is 100 Å². The zero-order valence-electron chi connectivity index (χ0n) is 16.7. The number of carbonyl (C=O) groups excluding carboxylic acids is 2. The van der Waals surface area contributed by atoms with Crippen molar-refractivity contribution in [1.82, 2.24) is 25.2 Å². The average molecular weight is 425 g/mol. The number of pyridine rings is 1. The van der Waals surface area contributed by atoms with Crippen LogP contribution in [-0.2, 0) is 0 Å². The van der Waals surface area contributed by atoms with Gasteiger partial charge in [-0.3, -0.25) is 9.20 Å². The molecule has 1 unspecified atom stereocenters. The molecule has 4 rings (SSSR count). The Morgan fingerprint density at radius 2 is 1.97 bits per heavy atom. The molecule has 0 bridgehead atoms. The molecule has 1 atom stereocenters. The van der Waals surface area contributed by atoms with E-state index in [1.165, 1.54) is 0 Å². The van der Waals surface area contributed by atoms with E-state index in [1.54, 1.807) is 36.0 Å². The number of carbonyl (C=O) groups is 2. The predicted molar refractivity (Wildman–Crippen MR) is 118 cm³/mol. The van der Waals surface area contributed by atoms with Crippen molar-refractivity contribution in [3.63, 3.8) is 0 Å². The number of hydrogen-bond acceptors (Lipinski definition) is 5. The van der Waals surface area contributed by atoms with E-state index in [9.17, 15) is 9.59 Å². The second kappa shape index (κ2) is 9.17. The van der Waals surface area contributed by atoms with E-state index in [-0.39, 0.29) is 18.0 Å². The maximum Gasteiger partial charge on any atom is 0.319 e. The second-order valence-corrected chi connectivity index (χ2v) is 8.23. The molecule has 156 valence electrons. The molecule has 2 heterocycles. The molecule has 0 radical (unpaired) electrons. The Morgan fingerprint density at radius 1 is 1.17 bits per heavy atom. The molecule has 1 aromatic carbocycles. The van der Waals surface area contributed by atoms with Crippen LogP contribution in [0.3, 0.4) is 0 Å². The molecule has 30 heavy (non-hydrogen) atoms. The molecule has 2 aromatic heterocycles. The van der Waals surface area contributed by atoms with Crippen LogP contribution >= 0.6 is 11.8 Å². The standard InChI is InChI=1S/C21H24N6O2S/c1-30-13-11-17(19-26-25-18-4-2-3-12-27(18)19)24-20(28)14-5-7-15(8-6-14)22-21(29)23-16-9-10-16/h2-8,12,16-17H,9-11,13H2,1H3,(H,24,28)(H2,22,23,29). The monoisotopic (exact) mass is 424 g/mol. The summed E-state index contributed by atoms with van der Waals surface area (Å²) < 4.78 is 1.90. The summed E-state index contributed by atoms with van der Waals surface area (Å²) in [7, 11) is 0. The van der Waals surface area contributed by atoms with Gasteiger partial charge >= 0.3 is 6.03 Å². The Morgan fingerprint density at radius 3 is 2.70 bits per heavy atom. The number of anilines is 1. The lowest BCUT2D eigenvalue weighted by Gasteiger charge is -2.17. The Bertz CT molecular complexity index is 1030. The maximum absolute atomic E-state index is 12.9. The first-order valence-corrected chi connectivity index (χ1v) is 11.3. The fraction of sp³-hybridized carbons (Fsp3) is 0.333. The van der Waals surface area contributed by atoms with Crippen LogP contribution in [0.25, 0.3) is 5.65 Å². The van der Waals surface area contributed by atoms with E-state index in [0.717, 1.165) is 30.7 Å². The third-order valence-corrected chi connectivity index (χ3v) is 5.53. The molecule has 3 aromatic rings. The number of hydrogen-bond donors (Lipinski definition) is 3. The molecule has 0 saturated heterocycles. The summed E-state index contributed by atoms with van der Waals surface area (Å²) in [5.41, 5.74) is 1.91. The van der Waals surface area contributed by atoms with Crippen molar-refractivity contribution >= 4 is 35.0 Å². The number of amides is 3. The zero-order valence-corrected chi connectivity index (χ0v) is 17.5. The number of nitrogens with one attached hydrogen (secondary N) is 3. The molecule has 3 amide bonds. The van der Waals surface area contributed by atoms with Crippen molar-refractivity contribution < 1.29 is 9.59 Å². The molecule has 9 heteroatoms. The number of urea groups is 1. The van der Waals surface area contributed by atoms with Crippen LogP contribution in [0.2, 0.25) is 0 Å². The maximum atomic E-state index is 12.9. The Kier molecular flexibility index (Phi) is 6.18. The van der Waals surface area contributed by atoms with Crippen LogP contribution < -0.4 is 16.0 Å². The fourth-order valence-corrected chi connectivity index (χ4v) is 3.60. The Hall–Kier alpha value is -3.07. The SMILES string of the molecule is CSCCC(NC(=O)c1ccc(NC(=O)NC2CC2)cc1)c1nnc2ccccn12. The summed E-state index contributed by atoms with van der Waals surface area (Å²) in [4.78, 5) is 24.7. The highest BCUT2D eigenvalue weighted by Gasteiger charge is 2.23. The van der Waals surface area contributed by atoms with Gasteiger partial charge < -0.3 is 16.0 Å². The summed E-state index contributed by atoms with van der Waals surface area (Å²) >= 11 is 1.72. The molecule has 8 nitrogen and oxygen atoms in total. The molecule has 0 aliphatic heterocycles. The third kappa shape index (κ3) is 4.91. The normalized spacial score (nSPS) is 14.3. The first kappa shape index (κ1) is 20.2. The number of nitrogens with zero attached hydrogens (tertiary/aromatic N) is 3. The molecule has 1 saturated carbocycles. The van der Waals surface area contributed by atoms with Crippen LogP contribution in [0.4, 0.5) is 10.5 Å². The van der Waals surface area contributed by atoms with Gasteiger partial charge in [0.2, 0.25) is 0 Å². The fourth-order valence-electron chi connectivity index (χ4n) is 3.13. The van der Waals surface area contributed by atoms with Gasteiger partial charge in [-0.15, -0.1) is 10.2 Å². The highest BCUT2D eigenvalue weighted by Crippen LogP contribution is 2.20. The van der Waals surface area contributed by atoms with E-state index in [1.807, 2.05) is 35.1 Å². The van der Waals surface area contributed by atoms with Gasteiger partial charge in [0.05, 0.1) is 6.04 Å². The largest absolute Gasteiger partial charge is 0.342 e. The second-order valence-electron chi connectivity index (χ2n) is 7.24. The van der Waals surface area contributed by atoms with Crippen molar-refractivity contribution in [2.45, 2.75) is 31.3 Å². The van der Waals surface area contributed by atoms with E-state index in [0.29, 0.717) is 23.1 Å². The minimum Gasteiger partial charge on any atom is -0.342 e. The van der Waals surface area contributed by atoms with Crippen LogP contribution in [0.5, 0.6) is 0 Å². The highest BCUT2D eigenvalue weighted by molar-refractivity contribution is 7.98. The number of rotatable bonds is 8. The molecule has 1 aliphatic rings. The van der Waals surface area contributed by atoms with Crippen LogP contribution in [-0.4, -0.2) is 44.6 Å². The van der Waals surface area contributed by atoms with Crippen LogP contribution in [0.1, 0.15) is 41.5 Å². The summed E-state index contributed by atoms with van der Waals surface area (Å²) in [6.07, 6.45) is 6.74. The lowest BCUT2D eigenvalue weighted by Crippen LogP contribution is -2.31. The summed E-state index contributed by atoms with van der Waals surface area (Å²) in [6.45, 7) is 0. The lowest BCUT2D eigenvalue weighted by molar-refractivity contribution is 0.0934. The molecule has 0 spiro atoms. The first-order chi connectivity index (χ1) is 14.6. The van der Waals surface area contributed by atoms with Crippen molar-refractivity contribution in [3.8, 4) is 0 Å². The lowest BCUT2D eigenvalue weighted by atomic mass is 10.1. The number of fused-ring (bicyclic) bond motifs is 1. The van der Waals surface area contributed by atoms with Gasteiger partial charge in [0.25, 0.3) is 5.91 Å². The number of aromatic nitrogens is 3. The molecular weight excluding hydrogens is 400 g/mol. The molecular formula is C21H24N6O2S.